The molecule has 3 aromatic rings. The molecule has 3 rings (SSSR count). The van der Waals surface area contributed by atoms with Crippen LogP contribution in [0.1, 0.15) is 6.92 Å². The molecule has 0 aliphatic rings. The third kappa shape index (κ3) is 5.76. The van der Waals surface area contributed by atoms with Crippen molar-refractivity contribution in [2.24, 2.45) is 4.99 Å². The molecule has 0 aliphatic carbocycles. The first-order valence-electron chi connectivity index (χ1n) is 8.59. The third-order valence-electron chi connectivity index (χ3n) is 3.71. The van der Waals surface area contributed by atoms with Gasteiger partial charge in [0.2, 0.25) is 5.90 Å². The molecule has 0 amide bonds. The van der Waals surface area contributed by atoms with Gasteiger partial charge in [0.05, 0.1) is 11.9 Å². The number of thioether (sulfide) groups is 1. The highest BCUT2D eigenvalue weighted by Crippen LogP contribution is 2.21. The van der Waals surface area contributed by atoms with Crippen LogP contribution < -0.4 is 9.47 Å². The molecule has 0 bridgehead atoms. The Morgan fingerprint density at radius 1 is 0.815 bits per heavy atom. The van der Waals surface area contributed by atoms with Crippen molar-refractivity contribution < 1.29 is 9.47 Å². The number of benzene rings is 3. The van der Waals surface area contributed by atoms with E-state index in [1.807, 2.05) is 98.1 Å². The molecule has 0 heterocycles. The fourth-order valence-electron chi connectivity index (χ4n) is 2.27. The van der Waals surface area contributed by atoms with E-state index in [1.54, 1.807) is 18.0 Å². The predicted octanol–water partition coefficient (Wildman–Crippen LogP) is 6.50. The van der Waals surface area contributed by atoms with Gasteiger partial charge in [0.15, 0.2) is 0 Å². The van der Waals surface area contributed by atoms with Crippen molar-refractivity contribution in [3.8, 4) is 11.5 Å². The second-order valence-electron chi connectivity index (χ2n) is 5.76. The van der Waals surface area contributed by atoms with E-state index in [4.69, 9.17) is 9.47 Å². The molecule has 0 spiro atoms. The van der Waals surface area contributed by atoms with E-state index in [2.05, 4.69) is 4.99 Å². The van der Waals surface area contributed by atoms with Crippen LogP contribution in [0.25, 0.3) is 0 Å². The number of para-hydroxylation sites is 2. The monoisotopic (exact) mass is 375 g/mol. The first kappa shape index (κ1) is 18.8. The van der Waals surface area contributed by atoms with Crippen LogP contribution in [0.2, 0.25) is 0 Å². The van der Waals surface area contributed by atoms with E-state index >= 15 is 0 Å². The Morgan fingerprint density at radius 3 is 2.07 bits per heavy atom. The van der Waals surface area contributed by atoms with Gasteiger partial charge in [0.1, 0.15) is 11.5 Å². The third-order valence-corrected chi connectivity index (χ3v) is 4.46. The average molecular weight is 375 g/mol. The van der Waals surface area contributed by atoms with E-state index in [1.165, 1.54) is 4.90 Å². The summed E-state index contributed by atoms with van der Waals surface area (Å²) in [5.41, 5.74) is 1.61. The maximum absolute atomic E-state index is 6.06. The lowest BCUT2D eigenvalue weighted by molar-refractivity contribution is 0.473. The minimum absolute atomic E-state index is 0.494. The van der Waals surface area contributed by atoms with Gasteiger partial charge in [-0.2, -0.15) is 0 Å². The van der Waals surface area contributed by atoms with Crippen molar-refractivity contribution in [1.29, 1.82) is 0 Å². The SMILES string of the molecule is CSc1ccc(OC(=N/c2ccccc2)/C(C)=C/Oc2ccccc2)cc1. The molecule has 0 aromatic heterocycles. The highest BCUT2D eigenvalue weighted by atomic mass is 32.2. The number of ether oxygens (including phenoxy) is 2. The molecule has 136 valence electrons. The summed E-state index contributed by atoms with van der Waals surface area (Å²) in [5, 5.41) is 0. The van der Waals surface area contributed by atoms with Gasteiger partial charge in [0, 0.05) is 10.5 Å². The molecule has 0 N–H and O–H groups in total. The highest BCUT2D eigenvalue weighted by molar-refractivity contribution is 7.98. The zero-order valence-corrected chi connectivity index (χ0v) is 16.1. The number of nitrogens with zero attached hydrogens (tertiary/aromatic N) is 1. The molecule has 0 fully saturated rings. The van der Waals surface area contributed by atoms with Gasteiger partial charge in [-0.3, -0.25) is 0 Å². The quantitative estimate of drug-likeness (QED) is 0.213. The fourth-order valence-corrected chi connectivity index (χ4v) is 2.68. The van der Waals surface area contributed by atoms with Gasteiger partial charge >= 0.3 is 0 Å². The summed E-state index contributed by atoms with van der Waals surface area (Å²) in [4.78, 5) is 5.83. The number of hydrogen-bond donors (Lipinski definition) is 0. The Kier molecular flexibility index (Phi) is 6.72. The summed E-state index contributed by atoms with van der Waals surface area (Å²) in [6, 6.07) is 27.3. The van der Waals surface area contributed by atoms with Gasteiger partial charge in [-0.1, -0.05) is 36.4 Å². The van der Waals surface area contributed by atoms with Crippen molar-refractivity contribution in [3.63, 3.8) is 0 Å². The maximum atomic E-state index is 6.06. The second-order valence-corrected chi connectivity index (χ2v) is 6.64. The van der Waals surface area contributed by atoms with Crippen LogP contribution >= 0.6 is 11.8 Å². The zero-order chi connectivity index (χ0) is 18.9. The molecule has 0 unspecified atom stereocenters. The van der Waals surface area contributed by atoms with Crippen LogP contribution in [-0.2, 0) is 0 Å². The van der Waals surface area contributed by atoms with Crippen LogP contribution in [0.3, 0.4) is 0 Å². The Bertz CT molecular complexity index is 904. The summed E-state index contributed by atoms with van der Waals surface area (Å²) >= 11 is 1.69. The van der Waals surface area contributed by atoms with E-state index < -0.39 is 0 Å². The highest BCUT2D eigenvalue weighted by Gasteiger charge is 2.08. The van der Waals surface area contributed by atoms with Crippen LogP contribution in [0.5, 0.6) is 11.5 Å². The molecule has 0 aliphatic heterocycles. The van der Waals surface area contributed by atoms with Crippen LogP contribution in [0.4, 0.5) is 5.69 Å². The minimum Gasteiger partial charge on any atom is -0.465 e. The molecule has 27 heavy (non-hydrogen) atoms. The molecule has 3 nitrogen and oxygen atoms in total. The van der Waals surface area contributed by atoms with Crippen LogP contribution in [0, 0.1) is 0 Å². The zero-order valence-electron chi connectivity index (χ0n) is 15.3. The maximum Gasteiger partial charge on any atom is 0.225 e. The fraction of sp³-hybridized carbons (Fsp3) is 0.0870. The second kappa shape index (κ2) is 9.64. The summed E-state index contributed by atoms with van der Waals surface area (Å²) < 4.78 is 11.8. The first-order valence-corrected chi connectivity index (χ1v) is 9.81. The number of aliphatic imine (C=N–C) groups is 1. The molecule has 0 atom stereocenters. The molecule has 0 radical (unpaired) electrons. The van der Waals surface area contributed by atoms with Crippen molar-refractivity contribution in [3.05, 3.63) is 96.8 Å². The van der Waals surface area contributed by atoms with Crippen molar-refractivity contribution in [2.75, 3.05) is 6.26 Å². The van der Waals surface area contributed by atoms with E-state index in [-0.39, 0.29) is 0 Å². The molecule has 0 saturated carbocycles. The summed E-state index contributed by atoms with van der Waals surface area (Å²) in [5.74, 6) is 1.99. The summed E-state index contributed by atoms with van der Waals surface area (Å²) in [6.45, 7) is 1.92. The van der Waals surface area contributed by atoms with E-state index in [9.17, 15) is 0 Å². The predicted molar refractivity (Wildman–Crippen MR) is 113 cm³/mol. The largest absolute Gasteiger partial charge is 0.465 e. The molecule has 0 saturated heterocycles. The first-order chi connectivity index (χ1) is 13.2. The number of hydrogen-bond acceptors (Lipinski definition) is 4. The van der Waals surface area contributed by atoms with Gasteiger partial charge in [-0.15, -0.1) is 11.8 Å². The Morgan fingerprint density at radius 2 is 1.44 bits per heavy atom. The average Bonchev–Trinajstić information content (AvgIpc) is 2.73. The van der Waals surface area contributed by atoms with E-state index in [0.29, 0.717) is 5.90 Å². The summed E-state index contributed by atoms with van der Waals surface area (Å²) in [7, 11) is 0. The topological polar surface area (TPSA) is 30.8 Å². The Hall–Kier alpha value is -2.98. The van der Waals surface area contributed by atoms with Gasteiger partial charge in [-0.25, -0.2) is 4.99 Å². The standard InChI is InChI=1S/C23H21NO2S/c1-18(17-25-20-11-7-4-8-12-20)23(24-19-9-5-3-6-10-19)26-21-13-15-22(27-2)16-14-21/h3-17H,1-2H3/b18-17+,24-23+. The molecule has 3 aromatic carbocycles. The van der Waals surface area contributed by atoms with Gasteiger partial charge in [0.25, 0.3) is 0 Å². The van der Waals surface area contributed by atoms with Crippen LogP contribution in [0.15, 0.2) is 107 Å². The van der Waals surface area contributed by atoms with E-state index in [0.717, 1.165) is 22.8 Å². The Labute approximate surface area is 164 Å². The number of rotatable bonds is 6. The van der Waals surface area contributed by atoms with Gasteiger partial charge in [-0.05, 0) is 61.7 Å². The van der Waals surface area contributed by atoms with Gasteiger partial charge < -0.3 is 9.47 Å². The van der Waals surface area contributed by atoms with Crippen molar-refractivity contribution in [1.82, 2.24) is 0 Å². The Balaban J connectivity index is 1.85. The lowest BCUT2D eigenvalue weighted by atomic mass is 10.3. The van der Waals surface area contributed by atoms with Crippen LogP contribution in [-0.4, -0.2) is 12.2 Å². The molecular weight excluding hydrogens is 354 g/mol. The van der Waals surface area contributed by atoms with Crippen molar-refractivity contribution in [2.45, 2.75) is 11.8 Å². The molecule has 4 heteroatoms. The summed E-state index contributed by atoms with van der Waals surface area (Å²) in [6.07, 6.45) is 3.71. The van der Waals surface area contributed by atoms with Crippen molar-refractivity contribution >= 4 is 23.3 Å². The smallest absolute Gasteiger partial charge is 0.225 e. The lowest BCUT2D eigenvalue weighted by Gasteiger charge is -2.10. The minimum atomic E-state index is 0.494. The lowest BCUT2D eigenvalue weighted by Crippen LogP contribution is -2.10. The molecular formula is C23H21NO2S. The normalized spacial score (nSPS) is 11.9.